The Hall–Kier alpha value is -2.37. The van der Waals surface area contributed by atoms with Crippen LogP contribution in [0.4, 0.5) is 5.69 Å². The molecule has 6 heteroatoms. The van der Waals surface area contributed by atoms with Gasteiger partial charge in [0, 0.05) is 32.1 Å². The number of amides is 1. The van der Waals surface area contributed by atoms with Crippen molar-refractivity contribution in [2.75, 3.05) is 11.9 Å². The van der Waals surface area contributed by atoms with Crippen LogP contribution in [0, 0.1) is 0 Å². The number of carbonyl (C=O) groups is 1. The number of fused-ring (bicyclic) bond motifs is 1. The van der Waals surface area contributed by atoms with Gasteiger partial charge in [0.05, 0.1) is 0 Å². The van der Waals surface area contributed by atoms with Crippen LogP contribution in [0.15, 0.2) is 30.6 Å². The number of rotatable bonds is 4. The van der Waals surface area contributed by atoms with Crippen molar-refractivity contribution in [1.82, 2.24) is 20.1 Å². The summed E-state index contributed by atoms with van der Waals surface area (Å²) in [6.07, 6.45) is 3.04. The summed E-state index contributed by atoms with van der Waals surface area (Å²) in [5.41, 5.74) is 2.25. The molecule has 6 nitrogen and oxygen atoms in total. The molecule has 0 spiro atoms. The standard InChI is InChI=1S/C14H17N5O/c1-19-9-16-13(18-19)6-7-15-14(20)12-8-10-4-2-3-5-11(10)17-12/h2-5,9,12,17H,6-8H2,1H3,(H,15,20)/t12-/m0/s1. The van der Waals surface area contributed by atoms with Gasteiger partial charge in [-0.05, 0) is 11.6 Å². The maximum atomic E-state index is 12.1. The topological polar surface area (TPSA) is 71.8 Å². The van der Waals surface area contributed by atoms with E-state index in [9.17, 15) is 4.79 Å². The Kier molecular flexibility index (Phi) is 3.37. The van der Waals surface area contributed by atoms with Crippen molar-refractivity contribution in [2.24, 2.45) is 7.05 Å². The number of anilines is 1. The third-order valence-corrected chi connectivity index (χ3v) is 3.38. The lowest BCUT2D eigenvalue weighted by atomic mass is 10.1. The molecule has 0 saturated carbocycles. The molecular formula is C14H17N5O. The number of nitrogens with zero attached hydrogens (tertiary/aromatic N) is 3. The highest BCUT2D eigenvalue weighted by Crippen LogP contribution is 2.24. The zero-order valence-electron chi connectivity index (χ0n) is 11.3. The van der Waals surface area contributed by atoms with Crippen molar-refractivity contribution in [1.29, 1.82) is 0 Å². The lowest BCUT2D eigenvalue weighted by molar-refractivity contribution is -0.121. The molecule has 104 valence electrons. The third kappa shape index (κ3) is 2.64. The second kappa shape index (κ2) is 5.32. The van der Waals surface area contributed by atoms with E-state index in [2.05, 4.69) is 20.7 Å². The van der Waals surface area contributed by atoms with E-state index in [1.54, 1.807) is 11.0 Å². The van der Waals surface area contributed by atoms with E-state index in [1.165, 1.54) is 5.56 Å². The first-order valence-electron chi connectivity index (χ1n) is 6.69. The van der Waals surface area contributed by atoms with Gasteiger partial charge in [-0.15, -0.1) is 0 Å². The quantitative estimate of drug-likeness (QED) is 0.850. The van der Waals surface area contributed by atoms with Gasteiger partial charge in [-0.3, -0.25) is 9.48 Å². The second-order valence-corrected chi connectivity index (χ2v) is 4.93. The maximum absolute atomic E-state index is 12.1. The van der Waals surface area contributed by atoms with E-state index in [-0.39, 0.29) is 11.9 Å². The first-order valence-corrected chi connectivity index (χ1v) is 6.69. The predicted octanol–water partition coefficient (Wildman–Crippen LogP) is 0.511. The minimum Gasteiger partial charge on any atom is -0.373 e. The first-order chi connectivity index (χ1) is 9.72. The van der Waals surface area contributed by atoms with Gasteiger partial charge in [0.15, 0.2) is 5.82 Å². The highest BCUT2D eigenvalue weighted by atomic mass is 16.2. The van der Waals surface area contributed by atoms with Crippen molar-refractivity contribution in [3.8, 4) is 0 Å². The van der Waals surface area contributed by atoms with Crippen LogP contribution in [0.3, 0.4) is 0 Å². The monoisotopic (exact) mass is 271 g/mol. The molecule has 0 radical (unpaired) electrons. The number of aryl methyl sites for hydroxylation is 1. The molecule has 1 aromatic heterocycles. The zero-order chi connectivity index (χ0) is 13.9. The van der Waals surface area contributed by atoms with E-state index in [0.29, 0.717) is 13.0 Å². The molecule has 2 heterocycles. The van der Waals surface area contributed by atoms with Gasteiger partial charge in [-0.1, -0.05) is 18.2 Å². The average Bonchev–Trinajstić information content (AvgIpc) is 3.04. The Labute approximate surface area is 117 Å². The number of benzene rings is 1. The summed E-state index contributed by atoms with van der Waals surface area (Å²) < 4.78 is 1.66. The Balaban J connectivity index is 1.49. The van der Waals surface area contributed by atoms with Gasteiger partial charge in [-0.2, -0.15) is 5.10 Å². The fraction of sp³-hybridized carbons (Fsp3) is 0.357. The minimum atomic E-state index is -0.177. The third-order valence-electron chi connectivity index (χ3n) is 3.38. The number of carbonyl (C=O) groups excluding carboxylic acids is 1. The van der Waals surface area contributed by atoms with Crippen LogP contribution in [0.1, 0.15) is 11.4 Å². The summed E-state index contributed by atoms with van der Waals surface area (Å²) in [7, 11) is 1.83. The minimum absolute atomic E-state index is 0.0251. The Morgan fingerprint density at radius 3 is 3.10 bits per heavy atom. The van der Waals surface area contributed by atoms with Crippen molar-refractivity contribution >= 4 is 11.6 Å². The van der Waals surface area contributed by atoms with Crippen molar-refractivity contribution in [3.63, 3.8) is 0 Å². The van der Waals surface area contributed by atoms with Crippen LogP contribution >= 0.6 is 0 Å². The molecule has 0 saturated heterocycles. The molecule has 1 aliphatic rings. The molecule has 0 unspecified atom stereocenters. The summed E-state index contributed by atoms with van der Waals surface area (Å²) in [5, 5.41) is 10.3. The van der Waals surface area contributed by atoms with Crippen LogP contribution in [-0.2, 0) is 24.7 Å². The molecule has 0 fully saturated rings. The normalized spacial score (nSPS) is 16.6. The number of hydrogen-bond donors (Lipinski definition) is 2. The SMILES string of the molecule is Cn1cnc(CCNC(=O)[C@@H]2Cc3ccccc3N2)n1. The Morgan fingerprint density at radius 1 is 1.50 bits per heavy atom. The lowest BCUT2D eigenvalue weighted by Gasteiger charge is -2.11. The highest BCUT2D eigenvalue weighted by Gasteiger charge is 2.25. The van der Waals surface area contributed by atoms with Gasteiger partial charge in [0.25, 0.3) is 0 Å². The molecule has 1 amide bonds. The number of para-hydroxylation sites is 1. The molecule has 0 aliphatic carbocycles. The van der Waals surface area contributed by atoms with Crippen molar-refractivity contribution in [3.05, 3.63) is 42.0 Å². The van der Waals surface area contributed by atoms with Gasteiger partial charge in [-0.25, -0.2) is 4.98 Å². The van der Waals surface area contributed by atoms with Crippen LogP contribution in [0.2, 0.25) is 0 Å². The summed E-state index contributed by atoms with van der Waals surface area (Å²) in [4.78, 5) is 16.2. The van der Waals surface area contributed by atoms with Crippen LogP contribution in [0.25, 0.3) is 0 Å². The summed E-state index contributed by atoms with van der Waals surface area (Å²) in [5.74, 6) is 0.771. The predicted molar refractivity (Wildman–Crippen MR) is 75.3 cm³/mol. The highest BCUT2D eigenvalue weighted by molar-refractivity contribution is 5.87. The number of nitrogens with one attached hydrogen (secondary N) is 2. The first kappa shape index (κ1) is 12.7. The Bertz CT molecular complexity index is 597. The number of hydrogen-bond acceptors (Lipinski definition) is 4. The molecule has 0 bridgehead atoms. The molecule has 1 aromatic carbocycles. The van der Waals surface area contributed by atoms with E-state index in [4.69, 9.17) is 0 Å². The van der Waals surface area contributed by atoms with Gasteiger partial charge < -0.3 is 10.6 Å². The summed E-state index contributed by atoms with van der Waals surface area (Å²) >= 11 is 0. The molecule has 2 aromatic rings. The van der Waals surface area contributed by atoms with Crippen molar-refractivity contribution in [2.45, 2.75) is 18.9 Å². The number of aromatic nitrogens is 3. The molecule has 20 heavy (non-hydrogen) atoms. The van der Waals surface area contributed by atoms with Crippen LogP contribution < -0.4 is 10.6 Å². The van der Waals surface area contributed by atoms with E-state index in [1.807, 2.05) is 31.3 Å². The van der Waals surface area contributed by atoms with Gasteiger partial charge >= 0.3 is 0 Å². The van der Waals surface area contributed by atoms with Crippen LogP contribution in [-0.4, -0.2) is 33.3 Å². The largest absolute Gasteiger partial charge is 0.373 e. The summed E-state index contributed by atoms with van der Waals surface area (Å²) in [6.45, 7) is 0.553. The van der Waals surface area contributed by atoms with E-state index < -0.39 is 0 Å². The molecule has 3 rings (SSSR count). The van der Waals surface area contributed by atoms with E-state index in [0.717, 1.165) is 17.9 Å². The van der Waals surface area contributed by atoms with Crippen LogP contribution in [0.5, 0.6) is 0 Å². The summed E-state index contributed by atoms with van der Waals surface area (Å²) in [6, 6.07) is 7.84. The zero-order valence-corrected chi connectivity index (χ0v) is 11.3. The van der Waals surface area contributed by atoms with Crippen molar-refractivity contribution < 1.29 is 4.79 Å². The fourth-order valence-electron chi connectivity index (χ4n) is 2.38. The lowest BCUT2D eigenvalue weighted by Crippen LogP contribution is -2.39. The average molecular weight is 271 g/mol. The van der Waals surface area contributed by atoms with E-state index >= 15 is 0 Å². The molecule has 2 N–H and O–H groups in total. The van der Waals surface area contributed by atoms with Gasteiger partial charge in [0.1, 0.15) is 12.4 Å². The maximum Gasteiger partial charge on any atom is 0.242 e. The second-order valence-electron chi connectivity index (χ2n) is 4.93. The smallest absolute Gasteiger partial charge is 0.242 e. The Morgan fingerprint density at radius 2 is 2.35 bits per heavy atom. The molecular weight excluding hydrogens is 254 g/mol. The van der Waals surface area contributed by atoms with Gasteiger partial charge in [0.2, 0.25) is 5.91 Å². The molecule has 1 atom stereocenters. The molecule has 1 aliphatic heterocycles. The fourth-order valence-corrected chi connectivity index (χ4v) is 2.38.